The average Bonchev–Trinajstić information content (AvgIpc) is 3.35. The highest BCUT2D eigenvalue weighted by atomic mass is 79.9. The van der Waals surface area contributed by atoms with Crippen LogP contribution in [0.4, 0.5) is 5.13 Å². The fourth-order valence-corrected chi connectivity index (χ4v) is 5.53. The van der Waals surface area contributed by atoms with Crippen LogP contribution < -0.4 is 9.64 Å². The third-order valence-corrected chi connectivity index (χ3v) is 7.32. The van der Waals surface area contributed by atoms with Crippen molar-refractivity contribution in [3.63, 3.8) is 0 Å². The number of hydrogen-bond donors (Lipinski definition) is 0. The zero-order valence-electron chi connectivity index (χ0n) is 16.1. The number of nitrogens with zero attached hydrogens (tertiary/aromatic N) is 3. The number of ether oxygens (including phenoxy) is 2. The molecule has 0 atom stereocenters. The van der Waals surface area contributed by atoms with E-state index in [-0.39, 0.29) is 5.91 Å². The third kappa shape index (κ3) is 4.97. The summed E-state index contributed by atoms with van der Waals surface area (Å²) < 4.78 is 13.0. The molecule has 4 rings (SSSR count). The van der Waals surface area contributed by atoms with E-state index in [0.29, 0.717) is 18.0 Å². The van der Waals surface area contributed by atoms with E-state index in [0.717, 1.165) is 57.7 Å². The Morgan fingerprint density at radius 3 is 2.83 bits per heavy atom. The number of amides is 1. The van der Waals surface area contributed by atoms with Gasteiger partial charge in [0.1, 0.15) is 5.75 Å². The number of benzene rings is 1. The Hall–Kier alpha value is -1.52. The number of thiophene rings is 1. The van der Waals surface area contributed by atoms with E-state index in [1.807, 2.05) is 37.3 Å². The summed E-state index contributed by atoms with van der Waals surface area (Å²) in [5.41, 5.74) is 0.880. The first-order valence-corrected chi connectivity index (χ1v) is 12.0. The standard InChI is InChI=1S/C20H22BrN3O3S2/c1-2-27-14-3-4-15-17(13-14)29-20(22-15)24(8-7-23-9-11-26-12-10-23)19(25)16-5-6-18(21)28-16/h3-6,13H,2,7-12H2,1H3. The van der Waals surface area contributed by atoms with E-state index in [4.69, 9.17) is 14.5 Å². The Morgan fingerprint density at radius 1 is 1.28 bits per heavy atom. The number of carbonyl (C=O) groups is 1. The molecular formula is C20H22BrN3O3S2. The summed E-state index contributed by atoms with van der Waals surface area (Å²) in [6, 6.07) is 9.63. The van der Waals surface area contributed by atoms with Gasteiger partial charge in [-0.25, -0.2) is 4.98 Å². The van der Waals surface area contributed by atoms with E-state index in [1.54, 1.807) is 4.90 Å². The summed E-state index contributed by atoms with van der Waals surface area (Å²) in [5.74, 6) is 0.807. The molecule has 9 heteroatoms. The molecular weight excluding hydrogens is 474 g/mol. The SMILES string of the molecule is CCOc1ccc2nc(N(CCN3CCOCC3)C(=O)c3ccc(Br)s3)sc2c1. The van der Waals surface area contributed by atoms with Gasteiger partial charge >= 0.3 is 0 Å². The molecule has 1 aromatic carbocycles. The summed E-state index contributed by atoms with van der Waals surface area (Å²) in [7, 11) is 0. The molecule has 1 amide bonds. The maximum atomic E-state index is 13.3. The number of aromatic nitrogens is 1. The molecule has 0 saturated carbocycles. The Bertz CT molecular complexity index is 984. The van der Waals surface area contributed by atoms with Crippen molar-refractivity contribution in [1.82, 2.24) is 9.88 Å². The Balaban J connectivity index is 1.61. The minimum atomic E-state index is -0.0157. The van der Waals surface area contributed by atoms with Gasteiger partial charge in [0.2, 0.25) is 0 Å². The second-order valence-electron chi connectivity index (χ2n) is 6.57. The van der Waals surface area contributed by atoms with Crippen LogP contribution >= 0.6 is 38.6 Å². The van der Waals surface area contributed by atoms with Gasteiger partial charge in [-0.2, -0.15) is 0 Å². The van der Waals surface area contributed by atoms with Crippen LogP contribution in [0, 0.1) is 0 Å². The highest BCUT2D eigenvalue weighted by molar-refractivity contribution is 9.11. The lowest BCUT2D eigenvalue weighted by molar-refractivity contribution is 0.0391. The molecule has 0 spiro atoms. The lowest BCUT2D eigenvalue weighted by atomic mass is 10.3. The summed E-state index contributed by atoms with van der Waals surface area (Å²) in [5, 5.41) is 0.719. The van der Waals surface area contributed by atoms with E-state index < -0.39 is 0 Å². The van der Waals surface area contributed by atoms with Gasteiger partial charge in [0.15, 0.2) is 5.13 Å². The van der Waals surface area contributed by atoms with Crippen molar-refractivity contribution in [2.45, 2.75) is 6.92 Å². The van der Waals surface area contributed by atoms with Crippen LogP contribution in [0.1, 0.15) is 16.6 Å². The van der Waals surface area contributed by atoms with E-state index in [9.17, 15) is 4.79 Å². The van der Waals surface area contributed by atoms with Gasteiger partial charge in [-0.05, 0) is 53.2 Å². The molecule has 0 unspecified atom stereocenters. The number of hydrogen-bond acceptors (Lipinski definition) is 7. The second kappa shape index (κ2) is 9.53. The molecule has 3 aromatic rings. The fourth-order valence-electron chi connectivity index (χ4n) is 3.18. The lowest BCUT2D eigenvalue weighted by Gasteiger charge is -2.29. The second-order valence-corrected chi connectivity index (χ2v) is 10.0. The number of thiazole rings is 1. The normalized spacial score (nSPS) is 15.0. The zero-order chi connectivity index (χ0) is 20.2. The Labute approximate surface area is 186 Å². The predicted molar refractivity (Wildman–Crippen MR) is 122 cm³/mol. The number of rotatable bonds is 7. The molecule has 29 heavy (non-hydrogen) atoms. The summed E-state index contributed by atoms with van der Waals surface area (Å²) in [6.07, 6.45) is 0. The maximum Gasteiger partial charge on any atom is 0.270 e. The monoisotopic (exact) mass is 495 g/mol. The number of carbonyl (C=O) groups excluding carboxylic acids is 1. The molecule has 1 saturated heterocycles. The Kier molecular flexibility index (Phi) is 6.81. The summed E-state index contributed by atoms with van der Waals surface area (Å²) in [6.45, 7) is 7.24. The van der Waals surface area contributed by atoms with Crippen molar-refractivity contribution >= 4 is 59.9 Å². The molecule has 6 nitrogen and oxygen atoms in total. The van der Waals surface area contributed by atoms with Crippen molar-refractivity contribution < 1.29 is 14.3 Å². The topological polar surface area (TPSA) is 54.9 Å². The van der Waals surface area contributed by atoms with Crippen molar-refractivity contribution in [3.05, 3.63) is 39.0 Å². The number of halogens is 1. The van der Waals surface area contributed by atoms with Crippen molar-refractivity contribution in [1.29, 1.82) is 0 Å². The van der Waals surface area contributed by atoms with Crippen molar-refractivity contribution in [2.75, 3.05) is 50.9 Å². The van der Waals surface area contributed by atoms with Gasteiger partial charge in [0, 0.05) is 26.2 Å². The van der Waals surface area contributed by atoms with Gasteiger partial charge in [-0.1, -0.05) is 11.3 Å². The lowest BCUT2D eigenvalue weighted by Crippen LogP contribution is -2.43. The third-order valence-electron chi connectivity index (χ3n) is 4.66. The van der Waals surface area contributed by atoms with Crippen LogP contribution in [0.5, 0.6) is 5.75 Å². The minimum absolute atomic E-state index is 0.0157. The summed E-state index contributed by atoms with van der Waals surface area (Å²) >= 11 is 6.43. The smallest absolute Gasteiger partial charge is 0.270 e. The highest BCUT2D eigenvalue weighted by Crippen LogP contribution is 2.33. The molecule has 0 radical (unpaired) electrons. The van der Waals surface area contributed by atoms with Gasteiger partial charge < -0.3 is 9.47 Å². The van der Waals surface area contributed by atoms with Crippen LogP contribution in [0.25, 0.3) is 10.2 Å². The first-order chi connectivity index (χ1) is 14.1. The molecule has 0 aliphatic carbocycles. The van der Waals surface area contributed by atoms with E-state index in [2.05, 4.69) is 20.8 Å². The molecule has 0 N–H and O–H groups in total. The first kappa shape index (κ1) is 20.7. The molecule has 154 valence electrons. The molecule has 0 bridgehead atoms. The first-order valence-electron chi connectivity index (χ1n) is 9.54. The minimum Gasteiger partial charge on any atom is -0.494 e. The van der Waals surface area contributed by atoms with Gasteiger partial charge in [0.05, 0.1) is 38.7 Å². The maximum absolute atomic E-state index is 13.3. The molecule has 1 aliphatic rings. The van der Waals surface area contributed by atoms with Crippen LogP contribution in [-0.4, -0.2) is 61.8 Å². The van der Waals surface area contributed by atoms with Crippen molar-refractivity contribution in [3.8, 4) is 5.75 Å². The molecule has 2 aromatic heterocycles. The number of fused-ring (bicyclic) bond motifs is 1. The van der Waals surface area contributed by atoms with Crippen molar-refractivity contribution in [2.24, 2.45) is 0 Å². The Morgan fingerprint density at radius 2 is 2.10 bits per heavy atom. The van der Waals surface area contributed by atoms with Crippen LogP contribution in [0.3, 0.4) is 0 Å². The van der Waals surface area contributed by atoms with E-state index >= 15 is 0 Å². The van der Waals surface area contributed by atoms with Crippen LogP contribution in [0.2, 0.25) is 0 Å². The van der Waals surface area contributed by atoms with Crippen LogP contribution in [0.15, 0.2) is 34.1 Å². The fraction of sp³-hybridized carbons (Fsp3) is 0.400. The number of anilines is 1. The van der Waals surface area contributed by atoms with Gasteiger partial charge in [0.25, 0.3) is 5.91 Å². The average molecular weight is 496 g/mol. The van der Waals surface area contributed by atoms with Crippen LogP contribution in [-0.2, 0) is 4.74 Å². The molecule has 1 fully saturated rings. The molecule has 3 heterocycles. The predicted octanol–water partition coefficient (Wildman–Crippen LogP) is 4.50. The molecule has 1 aliphatic heterocycles. The quantitative estimate of drug-likeness (QED) is 0.482. The number of morpholine rings is 1. The van der Waals surface area contributed by atoms with Gasteiger partial charge in [-0.3, -0.25) is 14.6 Å². The zero-order valence-corrected chi connectivity index (χ0v) is 19.3. The summed E-state index contributed by atoms with van der Waals surface area (Å²) in [4.78, 5) is 22.9. The van der Waals surface area contributed by atoms with E-state index in [1.165, 1.54) is 22.7 Å². The van der Waals surface area contributed by atoms with Gasteiger partial charge in [-0.15, -0.1) is 11.3 Å². The highest BCUT2D eigenvalue weighted by Gasteiger charge is 2.24. The largest absolute Gasteiger partial charge is 0.494 e.